The monoisotopic (exact) mass is 233 g/mol. The molecule has 1 N–H and O–H groups in total. The highest BCUT2D eigenvalue weighted by molar-refractivity contribution is 6.12. The number of carboxylic acid groups (broad SMARTS) is 1. The zero-order valence-electron chi connectivity index (χ0n) is 9.21. The van der Waals surface area contributed by atoms with Gasteiger partial charge in [-0.2, -0.15) is 0 Å². The third kappa shape index (κ3) is 1.80. The second kappa shape index (κ2) is 4.01. The Hall–Kier alpha value is -2.17. The smallest absolute Gasteiger partial charge is 0.327 e. The van der Waals surface area contributed by atoms with Gasteiger partial charge in [-0.05, 0) is 18.6 Å². The number of imide groups is 1. The maximum Gasteiger partial charge on any atom is 0.327 e. The minimum atomic E-state index is -1.15. The lowest BCUT2D eigenvalue weighted by Gasteiger charge is -2.35. The van der Waals surface area contributed by atoms with Gasteiger partial charge in [-0.1, -0.05) is 18.2 Å². The Labute approximate surface area is 97.7 Å². The summed E-state index contributed by atoms with van der Waals surface area (Å²) < 4.78 is 0. The number of aliphatic carboxylic acids is 1. The molecule has 0 radical (unpaired) electrons. The summed E-state index contributed by atoms with van der Waals surface area (Å²) in [5.74, 6) is -2.12. The maximum atomic E-state index is 12.0. The number of rotatable bonds is 2. The van der Waals surface area contributed by atoms with Crippen LogP contribution >= 0.6 is 0 Å². The van der Waals surface area contributed by atoms with E-state index < -0.39 is 23.8 Å². The largest absolute Gasteiger partial charge is 0.480 e. The predicted molar refractivity (Wildman–Crippen MR) is 58.4 cm³/mol. The molecule has 2 rings (SSSR count). The summed E-state index contributed by atoms with van der Waals surface area (Å²) in [4.78, 5) is 35.0. The van der Waals surface area contributed by atoms with Crippen LogP contribution in [0.5, 0.6) is 0 Å². The number of nitrogens with zero attached hydrogens (tertiary/aromatic N) is 1. The molecule has 0 saturated carbocycles. The first-order chi connectivity index (χ1) is 8.02. The molecule has 1 fully saturated rings. The first kappa shape index (κ1) is 11.3. The standard InChI is InChI=1S/C12H11NO4/c1-7-4-2-3-5-8(7)11(15)13-9(12(16)17)6-10(13)14/h2-5,9H,6H2,1H3,(H,16,17)/t9-/m0/s1. The molecule has 1 saturated heterocycles. The molecule has 1 aromatic rings. The van der Waals surface area contributed by atoms with Crippen molar-refractivity contribution in [2.45, 2.75) is 19.4 Å². The van der Waals surface area contributed by atoms with E-state index in [-0.39, 0.29) is 6.42 Å². The molecule has 5 heteroatoms. The molecule has 1 atom stereocenters. The van der Waals surface area contributed by atoms with Crippen molar-refractivity contribution in [2.24, 2.45) is 0 Å². The van der Waals surface area contributed by atoms with Crippen molar-refractivity contribution in [1.29, 1.82) is 0 Å². The molecule has 0 unspecified atom stereocenters. The molecule has 0 aliphatic carbocycles. The van der Waals surface area contributed by atoms with E-state index in [4.69, 9.17) is 5.11 Å². The van der Waals surface area contributed by atoms with Crippen LogP contribution in [0.15, 0.2) is 24.3 Å². The molecule has 1 aliphatic rings. The van der Waals surface area contributed by atoms with Crippen molar-refractivity contribution in [1.82, 2.24) is 4.90 Å². The maximum absolute atomic E-state index is 12.0. The van der Waals surface area contributed by atoms with Crippen LogP contribution < -0.4 is 0 Å². The van der Waals surface area contributed by atoms with Gasteiger partial charge in [0.15, 0.2) is 0 Å². The van der Waals surface area contributed by atoms with E-state index in [0.717, 1.165) is 10.5 Å². The second-order valence-corrected chi connectivity index (χ2v) is 3.94. The van der Waals surface area contributed by atoms with Crippen LogP contribution in [-0.2, 0) is 9.59 Å². The zero-order valence-corrected chi connectivity index (χ0v) is 9.21. The Morgan fingerprint density at radius 1 is 1.35 bits per heavy atom. The fourth-order valence-electron chi connectivity index (χ4n) is 1.81. The van der Waals surface area contributed by atoms with Gasteiger partial charge in [-0.3, -0.25) is 14.5 Å². The SMILES string of the molecule is Cc1ccccc1C(=O)N1C(=O)C[C@H]1C(=O)O. The molecular formula is C12H11NO4. The summed E-state index contributed by atoms with van der Waals surface area (Å²) in [6.07, 6.45) is -0.104. The molecule has 1 aromatic carbocycles. The van der Waals surface area contributed by atoms with Gasteiger partial charge in [0.2, 0.25) is 5.91 Å². The first-order valence-electron chi connectivity index (χ1n) is 5.17. The number of carbonyl (C=O) groups excluding carboxylic acids is 2. The van der Waals surface area contributed by atoms with Crippen molar-refractivity contribution in [3.05, 3.63) is 35.4 Å². The van der Waals surface area contributed by atoms with Crippen LogP contribution in [0.3, 0.4) is 0 Å². The fourth-order valence-corrected chi connectivity index (χ4v) is 1.81. The lowest BCUT2D eigenvalue weighted by atomic mass is 9.98. The molecule has 88 valence electrons. The van der Waals surface area contributed by atoms with Gasteiger partial charge in [0.05, 0.1) is 6.42 Å². The molecule has 0 spiro atoms. The van der Waals surface area contributed by atoms with Crippen LogP contribution in [0.1, 0.15) is 22.3 Å². The first-order valence-corrected chi connectivity index (χ1v) is 5.17. The van der Waals surface area contributed by atoms with Crippen molar-refractivity contribution < 1.29 is 19.5 Å². The van der Waals surface area contributed by atoms with Crippen LogP contribution in [0, 0.1) is 6.92 Å². The van der Waals surface area contributed by atoms with Gasteiger partial charge >= 0.3 is 5.97 Å². The van der Waals surface area contributed by atoms with Crippen molar-refractivity contribution in [2.75, 3.05) is 0 Å². The Morgan fingerprint density at radius 2 is 2.00 bits per heavy atom. The highest BCUT2D eigenvalue weighted by Gasteiger charge is 2.45. The summed E-state index contributed by atoms with van der Waals surface area (Å²) in [6.45, 7) is 1.74. The van der Waals surface area contributed by atoms with Gasteiger partial charge in [-0.25, -0.2) is 4.79 Å². The normalized spacial score (nSPS) is 18.8. The van der Waals surface area contributed by atoms with E-state index in [1.54, 1.807) is 31.2 Å². The molecule has 0 aromatic heterocycles. The quantitative estimate of drug-likeness (QED) is 0.606. The number of benzene rings is 1. The molecule has 5 nitrogen and oxygen atoms in total. The van der Waals surface area contributed by atoms with Crippen molar-refractivity contribution in [3.8, 4) is 0 Å². The van der Waals surface area contributed by atoms with Crippen LogP contribution in [0.4, 0.5) is 0 Å². The number of carboxylic acids is 1. The molecular weight excluding hydrogens is 222 g/mol. The second-order valence-electron chi connectivity index (χ2n) is 3.94. The highest BCUT2D eigenvalue weighted by atomic mass is 16.4. The number of likely N-dealkylation sites (tertiary alicyclic amines) is 1. The lowest BCUT2D eigenvalue weighted by Crippen LogP contribution is -2.59. The summed E-state index contributed by atoms with van der Waals surface area (Å²) in [6, 6.07) is 5.77. The van der Waals surface area contributed by atoms with E-state index in [1.165, 1.54) is 0 Å². The minimum Gasteiger partial charge on any atom is -0.480 e. The molecule has 0 bridgehead atoms. The van der Waals surface area contributed by atoms with E-state index in [9.17, 15) is 14.4 Å². The Kier molecular flexibility index (Phi) is 2.67. The predicted octanol–water partition coefficient (Wildman–Crippen LogP) is 0.821. The number of hydrogen-bond donors (Lipinski definition) is 1. The van der Waals surface area contributed by atoms with Gasteiger partial charge in [-0.15, -0.1) is 0 Å². The molecule has 1 aliphatic heterocycles. The van der Waals surface area contributed by atoms with Gasteiger partial charge in [0.1, 0.15) is 6.04 Å². The molecule has 2 amide bonds. The van der Waals surface area contributed by atoms with Gasteiger partial charge in [0, 0.05) is 5.56 Å². The summed E-state index contributed by atoms with van der Waals surface area (Å²) in [7, 11) is 0. The number of aryl methyl sites for hydroxylation is 1. The minimum absolute atomic E-state index is 0.104. The Bertz CT molecular complexity index is 509. The Balaban J connectivity index is 2.29. The number of carbonyl (C=O) groups is 3. The van der Waals surface area contributed by atoms with Crippen LogP contribution in [0.2, 0.25) is 0 Å². The average molecular weight is 233 g/mol. The van der Waals surface area contributed by atoms with Gasteiger partial charge < -0.3 is 5.11 Å². The van der Waals surface area contributed by atoms with Crippen LogP contribution in [0.25, 0.3) is 0 Å². The molecule has 1 heterocycles. The topological polar surface area (TPSA) is 74.7 Å². The van der Waals surface area contributed by atoms with E-state index in [1.807, 2.05) is 0 Å². The number of hydrogen-bond acceptors (Lipinski definition) is 3. The zero-order chi connectivity index (χ0) is 12.6. The van der Waals surface area contributed by atoms with Gasteiger partial charge in [0.25, 0.3) is 5.91 Å². The molecule has 17 heavy (non-hydrogen) atoms. The third-order valence-corrected chi connectivity index (χ3v) is 2.83. The van der Waals surface area contributed by atoms with Crippen molar-refractivity contribution >= 4 is 17.8 Å². The number of β-lactam (4-membered cyclic amide) rings is 1. The van der Waals surface area contributed by atoms with Crippen molar-refractivity contribution in [3.63, 3.8) is 0 Å². The number of amides is 2. The fraction of sp³-hybridized carbons (Fsp3) is 0.250. The average Bonchev–Trinajstić information content (AvgIpc) is 2.25. The lowest BCUT2D eigenvalue weighted by molar-refractivity contribution is -0.158. The van der Waals surface area contributed by atoms with Crippen LogP contribution in [-0.4, -0.2) is 33.8 Å². The third-order valence-electron chi connectivity index (χ3n) is 2.83. The van der Waals surface area contributed by atoms with E-state index in [0.29, 0.717) is 5.56 Å². The van der Waals surface area contributed by atoms with E-state index >= 15 is 0 Å². The Morgan fingerprint density at radius 3 is 2.53 bits per heavy atom. The highest BCUT2D eigenvalue weighted by Crippen LogP contribution is 2.23. The summed E-state index contributed by atoms with van der Waals surface area (Å²) >= 11 is 0. The summed E-state index contributed by atoms with van der Waals surface area (Å²) in [5.41, 5.74) is 1.09. The summed E-state index contributed by atoms with van der Waals surface area (Å²) in [5, 5.41) is 8.84. The van der Waals surface area contributed by atoms with E-state index in [2.05, 4.69) is 0 Å².